The van der Waals surface area contributed by atoms with Crippen LogP contribution < -0.4 is 5.73 Å². The molecule has 2 N–H and O–H groups in total. The Morgan fingerprint density at radius 1 is 1.22 bits per heavy atom. The van der Waals surface area contributed by atoms with E-state index in [4.69, 9.17) is 5.73 Å². The first-order valence-corrected chi connectivity index (χ1v) is 8.50. The summed E-state index contributed by atoms with van der Waals surface area (Å²) in [5.74, 6) is 0.223. The molecule has 0 aliphatic heterocycles. The molecule has 1 aromatic rings. The van der Waals surface area contributed by atoms with Crippen LogP contribution in [-0.4, -0.2) is 24.4 Å². The molecule has 1 saturated carbocycles. The van der Waals surface area contributed by atoms with Crippen LogP contribution >= 0.6 is 12.4 Å². The van der Waals surface area contributed by atoms with Gasteiger partial charge in [0.1, 0.15) is 0 Å². The fourth-order valence-electron chi connectivity index (χ4n) is 3.48. The Hall–Kier alpha value is -1.06. The van der Waals surface area contributed by atoms with E-state index in [-0.39, 0.29) is 29.8 Å². The monoisotopic (exact) mass is 338 g/mol. The third-order valence-electron chi connectivity index (χ3n) is 5.41. The molecule has 0 heterocycles. The zero-order valence-corrected chi connectivity index (χ0v) is 15.5. The van der Waals surface area contributed by atoms with Crippen LogP contribution in [0.2, 0.25) is 0 Å². The molecule has 3 nitrogen and oxygen atoms in total. The molecule has 0 spiro atoms. The van der Waals surface area contributed by atoms with E-state index in [0.717, 1.165) is 12.8 Å². The van der Waals surface area contributed by atoms with Crippen molar-refractivity contribution >= 4 is 18.3 Å². The van der Waals surface area contributed by atoms with Gasteiger partial charge in [0.2, 0.25) is 5.91 Å². The van der Waals surface area contributed by atoms with Gasteiger partial charge in [0.25, 0.3) is 0 Å². The van der Waals surface area contributed by atoms with Gasteiger partial charge in [-0.15, -0.1) is 12.4 Å². The Kier molecular flexibility index (Phi) is 7.56. The Labute approximate surface area is 147 Å². The molecule has 23 heavy (non-hydrogen) atoms. The fraction of sp³-hybridized carbons (Fsp3) is 0.632. The van der Waals surface area contributed by atoms with Gasteiger partial charge in [0.05, 0.1) is 6.04 Å². The molecule has 1 unspecified atom stereocenters. The average Bonchev–Trinajstić information content (AvgIpc) is 2.55. The van der Waals surface area contributed by atoms with Crippen molar-refractivity contribution in [3.8, 4) is 0 Å². The number of aryl methyl sites for hydroxylation is 1. The van der Waals surface area contributed by atoms with E-state index in [9.17, 15) is 4.79 Å². The number of nitrogens with two attached hydrogens (primary N) is 1. The van der Waals surface area contributed by atoms with Gasteiger partial charge in [-0.2, -0.15) is 0 Å². The number of rotatable bonds is 5. The summed E-state index contributed by atoms with van der Waals surface area (Å²) in [6.45, 7) is 4.81. The van der Waals surface area contributed by atoms with Gasteiger partial charge in [-0.05, 0) is 44.2 Å². The van der Waals surface area contributed by atoms with Gasteiger partial charge in [0.15, 0.2) is 0 Å². The maximum atomic E-state index is 12.7. The second-order valence-electron chi connectivity index (χ2n) is 7.03. The zero-order valence-electron chi connectivity index (χ0n) is 14.7. The van der Waals surface area contributed by atoms with Crippen molar-refractivity contribution in [3.05, 3.63) is 35.4 Å². The summed E-state index contributed by atoms with van der Waals surface area (Å²) in [5.41, 5.74) is 8.49. The molecule has 1 aromatic carbocycles. The van der Waals surface area contributed by atoms with Crippen LogP contribution in [-0.2, 0) is 4.79 Å². The standard InChI is InChI=1S/C19H30N2O.ClH/c1-15-7-9-17(10-8-15)16(2)21(3)18(22)13-19(14-20)11-5-4-6-12-19;/h7-10,16H,4-6,11-14,20H2,1-3H3;1H. The first-order valence-electron chi connectivity index (χ1n) is 8.50. The molecular formula is C19H31ClN2O. The van der Waals surface area contributed by atoms with Gasteiger partial charge in [-0.3, -0.25) is 4.79 Å². The second-order valence-corrected chi connectivity index (χ2v) is 7.03. The maximum Gasteiger partial charge on any atom is 0.223 e. The van der Waals surface area contributed by atoms with Gasteiger partial charge < -0.3 is 10.6 Å². The summed E-state index contributed by atoms with van der Waals surface area (Å²) in [6.07, 6.45) is 6.50. The van der Waals surface area contributed by atoms with Crippen LogP contribution in [0.1, 0.15) is 62.6 Å². The van der Waals surface area contributed by atoms with Crippen molar-refractivity contribution in [1.29, 1.82) is 0 Å². The summed E-state index contributed by atoms with van der Waals surface area (Å²) in [4.78, 5) is 14.6. The van der Waals surface area contributed by atoms with Gasteiger partial charge >= 0.3 is 0 Å². The van der Waals surface area contributed by atoms with E-state index in [0.29, 0.717) is 13.0 Å². The lowest BCUT2D eigenvalue weighted by Crippen LogP contribution is -2.40. The molecule has 1 amide bonds. The number of carbonyl (C=O) groups is 1. The van der Waals surface area contributed by atoms with E-state index in [1.165, 1.54) is 30.4 Å². The molecule has 1 aliphatic rings. The number of hydrogen-bond acceptors (Lipinski definition) is 2. The van der Waals surface area contributed by atoms with Crippen LogP contribution in [0.15, 0.2) is 24.3 Å². The van der Waals surface area contributed by atoms with Crippen molar-refractivity contribution in [2.24, 2.45) is 11.1 Å². The number of nitrogens with zero attached hydrogens (tertiary/aromatic N) is 1. The van der Waals surface area contributed by atoms with Crippen molar-refractivity contribution < 1.29 is 4.79 Å². The Morgan fingerprint density at radius 3 is 2.30 bits per heavy atom. The first-order chi connectivity index (χ1) is 10.5. The number of amides is 1. The molecule has 0 radical (unpaired) electrons. The highest BCUT2D eigenvalue weighted by Crippen LogP contribution is 2.39. The molecule has 1 atom stereocenters. The van der Waals surface area contributed by atoms with E-state index >= 15 is 0 Å². The minimum atomic E-state index is 0. The molecule has 0 saturated heterocycles. The van der Waals surface area contributed by atoms with Crippen LogP contribution in [0.5, 0.6) is 0 Å². The number of carbonyl (C=O) groups excluding carboxylic acids is 1. The minimum Gasteiger partial charge on any atom is -0.339 e. The first kappa shape index (κ1) is 20.0. The number of hydrogen-bond donors (Lipinski definition) is 1. The van der Waals surface area contributed by atoms with E-state index in [2.05, 4.69) is 38.1 Å². The quantitative estimate of drug-likeness (QED) is 0.873. The normalized spacial score (nSPS) is 17.9. The van der Waals surface area contributed by atoms with Crippen LogP contribution in [0.4, 0.5) is 0 Å². The molecule has 130 valence electrons. The molecular weight excluding hydrogens is 308 g/mol. The summed E-state index contributed by atoms with van der Waals surface area (Å²) in [5, 5.41) is 0. The molecule has 2 rings (SSSR count). The Morgan fingerprint density at radius 2 is 1.78 bits per heavy atom. The van der Waals surface area contributed by atoms with E-state index in [1.54, 1.807) is 0 Å². The van der Waals surface area contributed by atoms with E-state index < -0.39 is 0 Å². The minimum absolute atomic E-state index is 0. The summed E-state index contributed by atoms with van der Waals surface area (Å²) < 4.78 is 0. The highest BCUT2D eigenvalue weighted by Gasteiger charge is 2.34. The largest absolute Gasteiger partial charge is 0.339 e. The third kappa shape index (κ3) is 4.95. The van der Waals surface area contributed by atoms with Gasteiger partial charge in [0, 0.05) is 13.5 Å². The molecule has 4 heteroatoms. The van der Waals surface area contributed by atoms with E-state index in [1.807, 2.05) is 11.9 Å². The SMILES string of the molecule is Cc1ccc(C(C)N(C)C(=O)CC2(CN)CCCCC2)cc1.Cl. The van der Waals surface area contributed by atoms with Crippen LogP contribution in [0.3, 0.4) is 0 Å². The second kappa shape index (κ2) is 8.70. The average molecular weight is 339 g/mol. The Bertz CT molecular complexity index is 495. The lowest BCUT2D eigenvalue weighted by molar-refractivity contribution is -0.134. The lowest BCUT2D eigenvalue weighted by atomic mass is 9.71. The highest BCUT2D eigenvalue weighted by molar-refractivity contribution is 5.85. The zero-order chi connectivity index (χ0) is 16.2. The summed E-state index contributed by atoms with van der Waals surface area (Å²) in [6, 6.07) is 8.54. The fourth-order valence-corrected chi connectivity index (χ4v) is 3.48. The van der Waals surface area contributed by atoms with Gasteiger partial charge in [-0.25, -0.2) is 0 Å². The maximum absolute atomic E-state index is 12.7. The van der Waals surface area contributed by atoms with Crippen LogP contribution in [0, 0.1) is 12.3 Å². The molecule has 1 fully saturated rings. The third-order valence-corrected chi connectivity index (χ3v) is 5.41. The molecule has 0 bridgehead atoms. The summed E-state index contributed by atoms with van der Waals surface area (Å²) >= 11 is 0. The van der Waals surface area contributed by atoms with Crippen molar-refractivity contribution in [1.82, 2.24) is 4.90 Å². The van der Waals surface area contributed by atoms with Crippen LogP contribution in [0.25, 0.3) is 0 Å². The van der Waals surface area contributed by atoms with Gasteiger partial charge in [-0.1, -0.05) is 49.1 Å². The predicted molar refractivity (Wildman–Crippen MR) is 98.8 cm³/mol. The predicted octanol–water partition coefficient (Wildman–Crippen LogP) is 4.24. The topological polar surface area (TPSA) is 46.3 Å². The lowest BCUT2D eigenvalue weighted by Gasteiger charge is -2.37. The molecule has 0 aromatic heterocycles. The summed E-state index contributed by atoms with van der Waals surface area (Å²) in [7, 11) is 1.92. The van der Waals surface area contributed by atoms with Crippen molar-refractivity contribution in [2.45, 2.75) is 58.4 Å². The number of halogens is 1. The van der Waals surface area contributed by atoms with Crippen molar-refractivity contribution in [3.63, 3.8) is 0 Å². The highest BCUT2D eigenvalue weighted by atomic mass is 35.5. The van der Waals surface area contributed by atoms with Crippen molar-refractivity contribution in [2.75, 3.05) is 13.6 Å². The number of benzene rings is 1. The molecule has 1 aliphatic carbocycles. The Balaban J connectivity index is 0.00000264. The smallest absolute Gasteiger partial charge is 0.223 e.